The zero-order chi connectivity index (χ0) is 15.1. The normalized spacial score (nSPS) is 18.0. The summed E-state index contributed by atoms with van der Waals surface area (Å²) in [5.41, 5.74) is 8.73. The van der Waals surface area contributed by atoms with Crippen molar-refractivity contribution in [2.75, 3.05) is 0 Å². The molecule has 2 aromatic rings. The highest BCUT2D eigenvalue weighted by atomic mass is 14.8. The first-order chi connectivity index (χ1) is 10.7. The van der Waals surface area contributed by atoms with Gasteiger partial charge in [-0.1, -0.05) is 56.3 Å². The van der Waals surface area contributed by atoms with Crippen LogP contribution in [-0.4, -0.2) is 6.21 Å². The van der Waals surface area contributed by atoms with Crippen LogP contribution < -0.4 is 0 Å². The van der Waals surface area contributed by atoms with Crippen molar-refractivity contribution in [3.63, 3.8) is 0 Å². The molecule has 110 valence electrons. The number of hydrogen-bond donors (Lipinski definition) is 0. The van der Waals surface area contributed by atoms with E-state index in [0.717, 1.165) is 12.8 Å². The van der Waals surface area contributed by atoms with E-state index in [0.29, 0.717) is 5.92 Å². The van der Waals surface area contributed by atoms with Crippen LogP contribution in [0.15, 0.2) is 53.5 Å². The number of hydrogen-bond acceptors (Lipinski definition) is 1. The second-order valence-corrected chi connectivity index (χ2v) is 6.72. The Kier molecular flexibility index (Phi) is 3.22. The summed E-state index contributed by atoms with van der Waals surface area (Å²) in [5.74, 6) is 0.692. The first-order valence-corrected chi connectivity index (χ1v) is 8.17. The third-order valence-corrected chi connectivity index (χ3v) is 4.70. The third-order valence-electron chi connectivity index (χ3n) is 4.70. The summed E-state index contributed by atoms with van der Waals surface area (Å²) in [6, 6.07) is 13.7. The van der Waals surface area contributed by atoms with E-state index in [9.17, 15) is 0 Å². The number of rotatable bonds is 3. The van der Waals surface area contributed by atoms with Gasteiger partial charge in [-0.2, -0.15) is 0 Å². The monoisotopic (exact) mass is 287 g/mol. The second-order valence-electron chi connectivity index (χ2n) is 6.72. The van der Waals surface area contributed by atoms with Crippen molar-refractivity contribution in [1.82, 2.24) is 0 Å². The van der Waals surface area contributed by atoms with Crippen molar-refractivity contribution < 1.29 is 0 Å². The largest absolute Gasteiger partial charge is 0.281 e. The SMILES string of the molecule is CC(C)Cc1cccc2c1Cc1c-2cccc1C1C=CC=N1. The Hall–Kier alpha value is -2.15. The minimum Gasteiger partial charge on any atom is -0.281 e. The van der Waals surface area contributed by atoms with E-state index in [1.54, 1.807) is 0 Å². The number of fused-ring (bicyclic) bond motifs is 3. The molecule has 1 unspecified atom stereocenters. The van der Waals surface area contributed by atoms with E-state index in [4.69, 9.17) is 0 Å². The highest BCUT2D eigenvalue weighted by Gasteiger charge is 2.25. The fourth-order valence-corrected chi connectivity index (χ4v) is 3.77. The lowest BCUT2D eigenvalue weighted by Crippen LogP contribution is -1.99. The zero-order valence-electron chi connectivity index (χ0n) is 13.2. The van der Waals surface area contributed by atoms with Gasteiger partial charge in [0.1, 0.15) is 0 Å². The van der Waals surface area contributed by atoms with Crippen LogP contribution in [0.1, 0.15) is 42.1 Å². The Labute approximate surface area is 132 Å². The molecule has 0 N–H and O–H groups in total. The highest BCUT2D eigenvalue weighted by molar-refractivity contribution is 5.80. The molecule has 1 nitrogen and oxygen atoms in total. The van der Waals surface area contributed by atoms with E-state index in [2.05, 4.69) is 67.4 Å². The van der Waals surface area contributed by atoms with Crippen molar-refractivity contribution in [2.24, 2.45) is 10.9 Å². The number of nitrogens with zero attached hydrogens (tertiary/aromatic N) is 1. The molecule has 22 heavy (non-hydrogen) atoms. The fraction of sp³-hybridized carbons (Fsp3) is 0.286. The summed E-state index contributed by atoms with van der Waals surface area (Å²) in [6.07, 6.45) is 8.37. The van der Waals surface area contributed by atoms with Gasteiger partial charge in [0.05, 0.1) is 6.04 Å². The van der Waals surface area contributed by atoms with Crippen LogP contribution in [0.4, 0.5) is 0 Å². The number of benzene rings is 2. The summed E-state index contributed by atoms with van der Waals surface area (Å²) in [4.78, 5) is 4.58. The molecule has 0 saturated heterocycles. The molecule has 1 aliphatic heterocycles. The van der Waals surface area contributed by atoms with Crippen LogP contribution in [0.5, 0.6) is 0 Å². The molecule has 2 aliphatic rings. The van der Waals surface area contributed by atoms with Crippen molar-refractivity contribution in [1.29, 1.82) is 0 Å². The third kappa shape index (κ3) is 2.12. The predicted octanol–water partition coefficient (Wildman–Crippen LogP) is 5.14. The van der Waals surface area contributed by atoms with Crippen molar-refractivity contribution in [2.45, 2.75) is 32.7 Å². The predicted molar refractivity (Wildman–Crippen MR) is 93.6 cm³/mol. The molecular weight excluding hydrogens is 266 g/mol. The summed E-state index contributed by atoms with van der Waals surface area (Å²) < 4.78 is 0. The average molecular weight is 287 g/mol. The lowest BCUT2D eigenvalue weighted by molar-refractivity contribution is 0.644. The van der Waals surface area contributed by atoms with Gasteiger partial charge in [0, 0.05) is 6.21 Å². The maximum Gasteiger partial charge on any atom is 0.0936 e. The van der Waals surface area contributed by atoms with Crippen LogP contribution >= 0.6 is 0 Å². The van der Waals surface area contributed by atoms with Gasteiger partial charge < -0.3 is 0 Å². The van der Waals surface area contributed by atoms with Gasteiger partial charge in [-0.25, -0.2) is 0 Å². The summed E-state index contributed by atoms with van der Waals surface area (Å²) in [5, 5.41) is 0. The van der Waals surface area contributed by atoms with Crippen LogP contribution in [0.3, 0.4) is 0 Å². The summed E-state index contributed by atoms with van der Waals surface area (Å²) in [6.45, 7) is 4.59. The average Bonchev–Trinajstić information content (AvgIpc) is 3.14. The first kappa shape index (κ1) is 13.5. The van der Waals surface area contributed by atoms with Crippen LogP contribution in [-0.2, 0) is 12.8 Å². The topological polar surface area (TPSA) is 12.4 Å². The van der Waals surface area contributed by atoms with Gasteiger partial charge in [0.2, 0.25) is 0 Å². The molecule has 0 saturated carbocycles. The molecule has 1 aliphatic carbocycles. The van der Waals surface area contributed by atoms with E-state index in [1.165, 1.54) is 33.4 Å². The maximum atomic E-state index is 4.58. The van der Waals surface area contributed by atoms with Crippen LogP contribution in [0.2, 0.25) is 0 Å². The van der Waals surface area contributed by atoms with Crippen LogP contribution in [0.25, 0.3) is 11.1 Å². The van der Waals surface area contributed by atoms with Gasteiger partial charge in [-0.05, 0) is 58.2 Å². The van der Waals surface area contributed by atoms with Gasteiger partial charge in [-0.3, -0.25) is 4.99 Å². The Morgan fingerprint density at radius 2 is 1.82 bits per heavy atom. The van der Waals surface area contributed by atoms with Gasteiger partial charge in [-0.15, -0.1) is 0 Å². The standard InChI is InChI=1S/C21H21N/c1-14(2)12-15-6-3-7-16-17-8-4-9-18(20(17)13-19(15)16)21-10-5-11-22-21/h3-11,14,21H,12-13H2,1-2H3. The molecule has 0 fully saturated rings. The maximum absolute atomic E-state index is 4.58. The first-order valence-electron chi connectivity index (χ1n) is 8.17. The molecular formula is C21H21N. The van der Waals surface area contributed by atoms with Crippen molar-refractivity contribution in [3.05, 3.63) is 70.8 Å². The van der Waals surface area contributed by atoms with Crippen molar-refractivity contribution >= 4 is 6.21 Å². The fourth-order valence-electron chi connectivity index (χ4n) is 3.77. The van der Waals surface area contributed by atoms with Crippen molar-refractivity contribution in [3.8, 4) is 11.1 Å². The molecule has 0 bridgehead atoms. The lowest BCUT2D eigenvalue weighted by atomic mass is 9.94. The number of aliphatic imine (C=N–C) groups is 1. The quantitative estimate of drug-likeness (QED) is 0.632. The Morgan fingerprint density at radius 1 is 1.05 bits per heavy atom. The molecule has 0 aromatic heterocycles. The van der Waals surface area contributed by atoms with Gasteiger partial charge in [0.15, 0.2) is 0 Å². The summed E-state index contributed by atoms with van der Waals surface area (Å²) in [7, 11) is 0. The molecule has 0 radical (unpaired) electrons. The molecule has 4 rings (SSSR count). The Morgan fingerprint density at radius 3 is 2.55 bits per heavy atom. The molecule has 1 heterocycles. The second kappa shape index (κ2) is 5.24. The van der Waals surface area contributed by atoms with E-state index < -0.39 is 0 Å². The molecule has 1 atom stereocenters. The van der Waals surface area contributed by atoms with E-state index >= 15 is 0 Å². The number of allylic oxidation sites excluding steroid dienone is 1. The van der Waals surface area contributed by atoms with Crippen LogP contribution in [0, 0.1) is 5.92 Å². The molecule has 2 aromatic carbocycles. The smallest absolute Gasteiger partial charge is 0.0936 e. The highest BCUT2D eigenvalue weighted by Crippen LogP contribution is 2.42. The lowest BCUT2D eigenvalue weighted by Gasteiger charge is -2.11. The molecule has 0 spiro atoms. The van der Waals surface area contributed by atoms with E-state index in [1.807, 2.05) is 6.21 Å². The van der Waals surface area contributed by atoms with Gasteiger partial charge in [0.25, 0.3) is 0 Å². The summed E-state index contributed by atoms with van der Waals surface area (Å²) >= 11 is 0. The zero-order valence-corrected chi connectivity index (χ0v) is 13.2. The minimum absolute atomic E-state index is 0.206. The minimum atomic E-state index is 0.206. The molecule has 1 heteroatoms. The Bertz CT molecular complexity index is 768. The molecule has 0 amide bonds. The van der Waals surface area contributed by atoms with E-state index in [-0.39, 0.29) is 6.04 Å². The van der Waals surface area contributed by atoms with Gasteiger partial charge >= 0.3 is 0 Å². The Balaban J connectivity index is 1.82.